The average molecular weight is 121 g/mol. The quantitative estimate of drug-likeness (QED) is 0.401. The van der Waals surface area contributed by atoms with E-state index >= 15 is 0 Å². The second-order valence-electron chi connectivity index (χ2n) is 1.52. The first kappa shape index (κ1) is 5.75. The molecular weight excluding hydrogens is 116 g/mol. The lowest BCUT2D eigenvalue weighted by Crippen LogP contribution is -1.78. The van der Waals surface area contributed by atoms with Crippen molar-refractivity contribution in [1.29, 1.82) is 0 Å². The molecule has 0 N–H and O–H groups in total. The normalized spacial score (nSPS) is 10.2. The van der Waals surface area contributed by atoms with Gasteiger partial charge in [0.15, 0.2) is 0 Å². The van der Waals surface area contributed by atoms with Crippen LogP contribution in [0.5, 0.6) is 0 Å². The Balaban J connectivity index is 2.85. The highest BCUT2D eigenvalue weighted by atomic mass is 16.4. The van der Waals surface area contributed by atoms with Crippen molar-refractivity contribution in [2.24, 2.45) is 5.16 Å². The van der Waals surface area contributed by atoms with Crippen LogP contribution in [-0.4, -0.2) is 11.2 Å². The highest BCUT2D eigenvalue weighted by Crippen LogP contribution is 1.89. The molecule has 0 unspecified atom stereocenters. The lowest BCUT2D eigenvalue weighted by molar-refractivity contribution is 0.211. The Labute approximate surface area is 52.7 Å². The van der Waals surface area contributed by atoms with Gasteiger partial charge in [-0.3, -0.25) is 4.98 Å². The first-order valence-electron chi connectivity index (χ1n) is 2.49. The molecule has 0 saturated heterocycles. The molecular formula is C6H5N2O. The fourth-order valence-corrected chi connectivity index (χ4v) is 0.510. The van der Waals surface area contributed by atoms with E-state index < -0.39 is 0 Å². The van der Waals surface area contributed by atoms with E-state index in [0.717, 1.165) is 5.56 Å². The third-order valence-electron chi connectivity index (χ3n) is 0.908. The molecule has 0 aliphatic heterocycles. The number of pyridine rings is 1. The molecule has 0 saturated carbocycles. The van der Waals surface area contributed by atoms with Crippen LogP contribution in [0.3, 0.4) is 0 Å². The maximum absolute atomic E-state index is 9.65. The largest absolute Gasteiger partial charge is 0.265 e. The van der Waals surface area contributed by atoms with Gasteiger partial charge in [-0.2, -0.15) is 0 Å². The van der Waals surface area contributed by atoms with Gasteiger partial charge >= 0.3 is 0 Å². The monoisotopic (exact) mass is 121 g/mol. The Morgan fingerprint density at radius 3 is 2.67 bits per heavy atom. The highest BCUT2D eigenvalue weighted by molar-refractivity contribution is 5.78. The fraction of sp³-hybridized carbons (Fsp3) is 0. The van der Waals surface area contributed by atoms with Crippen LogP contribution >= 0.6 is 0 Å². The molecule has 9 heavy (non-hydrogen) atoms. The molecule has 1 aromatic rings. The first-order chi connectivity index (χ1) is 4.43. The van der Waals surface area contributed by atoms with Crippen molar-refractivity contribution >= 4 is 6.21 Å². The minimum absolute atomic E-state index is 0.778. The van der Waals surface area contributed by atoms with Crippen LogP contribution in [0.1, 0.15) is 5.56 Å². The second kappa shape index (κ2) is 2.81. The summed E-state index contributed by atoms with van der Waals surface area (Å²) in [5.41, 5.74) is 0.778. The lowest BCUT2D eigenvalue weighted by atomic mass is 10.3. The van der Waals surface area contributed by atoms with Crippen LogP contribution < -0.4 is 0 Å². The minimum Gasteiger partial charge on any atom is -0.265 e. The van der Waals surface area contributed by atoms with Crippen molar-refractivity contribution in [2.45, 2.75) is 0 Å². The summed E-state index contributed by atoms with van der Waals surface area (Å²) in [7, 11) is 0. The summed E-state index contributed by atoms with van der Waals surface area (Å²) in [6, 6.07) is 3.42. The predicted octanol–water partition coefficient (Wildman–Crippen LogP) is 0.846. The average Bonchev–Trinajstić information content (AvgIpc) is 1.91. The Hall–Kier alpha value is -1.38. The number of hydrogen-bond acceptors (Lipinski definition) is 2. The summed E-state index contributed by atoms with van der Waals surface area (Å²) in [4.78, 5) is 3.76. The third kappa shape index (κ3) is 1.53. The van der Waals surface area contributed by atoms with Gasteiger partial charge in [0.1, 0.15) is 0 Å². The molecule has 0 atom stereocenters. The molecule has 0 aliphatic carbocycles. The number of rotatable bonds is 1. The maximum Gasteiger partial charge on any atom is 0.0788 e. The molecule has 0 aliphatic rings. The Morgan fingerprint density at radius 1 is 1.44 bits per heavy atom. The minimum atomic E-state index is 0.778. The summed E-state index contributed by atoms with van der Waals surface area (Å²) in [6.45, 7) is 0. The van der Waals surface area contributed by atoms with Gasteiger partial charge in [0.25, 0.3) is 0 Å². The van der Waals surface area contributed by atoms with Crippen molar-refractivity contribution < 1.29 is 5.21 Å². The van der Waals surface area contributed by atoms with Gasteiger partial charge in [0.05, 0.1) is 6.21 Å². The summed E-state index contributed by atoms with van der Waals surface area (Å²) in [5.74, 6) is 0. The van der Waals surface area contributed by atoms with Crippen LogP contribution in [0.25, 0.3) is 0 Å². The van der Waals surface area contributed by atoms with Gasteiger partial charge in [0.2, 0.25) is 0 Å². The number of nitrogens with zero attached hydrogens (tertiary/aromatic N) is 2. The predicted molar refractivity (Wildman–Crippen MR) is 32.5 cm³/mol. The van der Waals surface area contributed by atoms with E-state index in [0.29, 0.717) is 0 Å². The van der Waals surface area contributed by atoms with Gasteiger partial charge in [0, 0.05) is 12.4 Å². The van der Waals surface area contributed by atoms with Crippen molar-refractivity contribution in [3.8, 4) is 0 Å². The Bertz CT molecular complexity index is 195. The van der Waals surface area contributed by atoms with Crippen LogP contribution in [0.4, 0.5) is 0 Å². The summed E-state index contributed by atoms with van der Waals surface area (Å²) in [5, 5.41) is 12.3. The Kier molecular flexibility index (Phi) is 1.80. The van der Waals surface area contributed by atoms with Crippen molar-refractivity contribution in [1.82, 2.24) is 4.98 Å². The van der Waals surface area contributed by atoms with Crippen LogP contribution in [-0.2, 0) is 5.21 Å². The summed E-state index contributed by atoms with van der Waals surface area (Å²) in [6.07, 6.45) is 4.45. The molecule has 1 rings (SSSR count). The SMILES string of the molecule is [O]/N=C/c1ccncc1. The van der Waals surface area contributed by atoms with Gasteiger partial charge in [-0.25, -0.2) is 0 Å². The molecule has 0 bridgehead atoms. The molecule has 0 aromatic carbocycles. The van der Waals surface area contributed by atoms with E-state index in [2.05, 4.69) is 10.1 Å². The van der Waals surface area contributed by atoms with E-state index in [9.17, 15) is 5.21 Å². The molecule has 1 heterocycles. The standard InChI is InChI=1S/C6H5N2O/c9-8-5-6-1-3-7-4-2-6/h1-5H/b8-5+. The van der Waals surface area contributed by atoms with Crippen molar-refractivity contribution in [2.75, 3.05) is 0 Å². The molecule has 0 fully saturated rings. The van der Waals surface area contributed by atoms with E-state index in [1.54, 1.807) is 24.5 Å². The van der Waals surface area contributed by atoms with Gasteiger partial charge in [-0.1, -0.05) is 0 Å². The third-order valence-corrected chi connectivity index (χ3v) is 0.908. The topological polar surface area (TPSA) is 45.1 Å². The van der Waals surface area contributed by atoms with Gasteiger partial charge < -0.3 is 0 Å². The summed E-state index contributed by atoms with van der Waals surface area (Å²) >= 11 is 0. The number of aromatic nitrogens is 1. The molecule has 45 valence electrons. The highest BCUT2D eigenvalue weighted by Gasteiger charge is 1.81. The van der Waals surface area contributed by atoms with E-state index in [1.807, 2.05) is 0 Å². The first-order valence-corrected chi connectivity index (χ1v) is 2.49. The summed E-state index contributed by atoms with van der Waals surface area (Å²) < 4.78 is 0. The zero-order valence-corrected chi connectivity index (χ0v) is 4.69. The fourth-order valence-electron chi connectivity index (χ4n) is 0.510. The van der Waals surface area contributed by atoms with Gasteiger partial charge in [-0.05, 0) is 22.9 Å². The van der Waals surface area contributed by atoms with E-state index in [1.165, 1.54) is 6.21 Å². The zero-order valence-electron chi connectivity index (χ0n) is 4.69. The smallest absolute Gasteiger partial charge is 0.0788 e. The van der Waals surface area contributed by atoms with Crippen molar-refractivity contribution in [3.63, 3.8) is 0 Å². The van der Waals surface area contributed by atoms with Crippen LogP contribution in [0, 0.1) is 0 Å². The lowest BCUT2D eigenvalue weighted by Gasteiger charge is -1.83. The van der Waals surface area contributed by atoms with E-state index in [-0.39, 0.29) is 0 Å². The second-order valence-corrected chi connectivity index (χ2v) is 1.52. The molecule has 3 nitrogen and oxygen atoms in total. The zero-order chi connectivity index (χ0) is 6.53. The molecule has 0 spiro atoms. The number of hydrogen-bond donors (Lipinski definition) is 0. The molecule has 1 aromatic heterocycles. The Morgan fingerprint density at radius 2 is 2.11 bits per heavy atom. The van der Waals surface area contributed by atoms with Crippen LogP contribution in [0.15, 0.2) is 29.7 Å². The molecule has 0 amide bonds. The molecule has 1 radical (unpaired) electrons. The molecule has 3 heteroatoms. The maximum atomic E-state index is 9.65. The van der Waals surface area contributed by atoms with E-state index in [4.69, 9.17) is 0 Å². The van der Waals surface area contributed by atoms with Crippen molar-refractivity contribution in [3.05, 3.63) is 30.1 Å². The van der Waals surface area contributed by atoms with Crippen LogP contribution in [0.2, 0.25) is 0 Å². The van der Waals surface area contributed by atoms with Gasteiger partial charge in [-0.15, -0.1) is 5.21 Å².